The molecule has 16 heteroatoms. The van der Waals surface area contributed by atoms with Gasteiger partial charge < -0.3 is 19.1 Å². The van der Waals surface area contributed by atoms with E-state index in [1.165, 1.54) is 19.1 Å². The Hall–Kier alpha value is -3.41. The summed E-state index contributed by atoms with van der Waals surface area (Å²) in [6, 6.07) is 7.60. The molecule has 0 bridgehead atoms. The molecule has 2 N–H and O–H groups in total. The lowest BCUT2D eigenvalue weighted by Crippen LogP contribution is -2.45. The zero-order valence-corrected chi connectivity index (χ0v) is 21.9. The monoisotopic (exact) mass is 573 g/mol. The van der Waals surface area contributed by atoms with Gasteiger partial charge in [0.05, 0.1) is 12.7 Å². The molecule has 0 radical (unpaired) electrons. The zero-order valence-electron chi connectivity index (χ0n) is 21.0. The first kappa shape index (κ1) is 30.1. The molecule has 1 aliphatic rings. The number of benzene rings is 1. The molecule has 39 heavy (non-hydrogen) atoms. The predicted octanol–water partition coefficient (Wildman–Crippen LogP) is 1.43. The van der Waals surface area contributed by atoms with Crippen LogP contribution in [0, 0.1) is 11.8 Å². The van der Waals surface area contributed by atoms with Crippen molar-refractivity contribution in [2.75, 3.05) is 13.3 Å². The molecular weight excluding hydrogens is 547 g/mol. The van der Waals surface area contributed by atoms with E-state index in [2.05, 4.69) is 4.98 Å². The molecule has 1 fully saturated rings. The molecule has 2 heterocycles. The summed E-state index contributed by atoms with van der Waals surface area (Å²) < 4.78 is 69.2. The van der Waals surface area contributed by atoms with Crippen molar-refractivity contribution in [3.63, 3.8) is 0 Å². The van der Waals surface area contributed by atoms with Crippen LogP contribution in [0.2, 0.25) is 0 Å². The molecule has 0 aliphatic carbocycles. The smallest absolute Gasteiger partial charge is 0.461 e. The predicted molar refractivity (Wildman–Crippen MR) is 129 cm³/mol. The van der Waals surface area contributed by atoms with Crippen LogP contribution in [0.15, 0.2) is 46.2 Å². The highest BCUT2D eigenvalue weighted by Crippen LogP contribution is 2.52. The van der Waals surface area contributed by atoms with Crippen LogP contribution in [-0.4, -0.2) is 69.0 Å². The second-order valence-corrected chi connectivity index (χ2v) is 9.99. The second kappa shape index (κ2) is 12.6. The highest BCUT2D eigenvalue weighted by atomic mass is 31.2. The van der Waals surface area contributed by atoms with Crippen LogP contribution >= 0.6 is 7.82 Å². The molecule has 3 rings (SSSR count). The van der Waals surface area contributed by atoms with E-state index in [4.69, 9.17) is 23.0 Å². The second-order valence-electron chi connectivity index (χ2n) is 8.44. The number of aliphatic hydroxyl groups is 1. The molecule has 1 aliphatic heterocycles. The fourth-order valence-corrected chi connectivity index (χ4v) is 4.74. The number of aromatic nitrogens is 3. The minimum atomic E-state index is -4.68. The number of carbonyl (C=O) groups excluding carboxylic acids is 1. The average Bonchev–Trinajstić information content (AvgIpc) is 3.11. The Bertz CT molecular complexity index is 1380. The van der Waals surface area contributed by atoms with Crippen molar-refractivity contribution in [2.45, 2.75) is 57.1 Å². The third kappa shape index (κ3) is 7.37. The number of rotatable bonds is 10. The molecule has 0 spiro atoms. The highest BCUT2D eigenvalue weighted by Gasteiger charge is 2.58. The van der Waals surface area contributed by atoms with Gasteiger partial charge in [0, 0.05) is 0 Å². The summed E-state index contributed by atoms with van der Waals surface area (Å²) in [5, 5.41) is 10.7. The number of aromatic amines is 1. The molecular formula is C23H26F2N3O10P. The fraction of sp³-hybridized carbons (Fsp3) is 0.478. The Morgan fingerprint density at radius 3 is 2.62 bits per heavy atom. The Morgan fingerprint density at radius 2 is 2.00 bits per heavy atom. The lowest BCUT2D eigenvalue weighted by molar-refractivity contribution is -0.156. The average molecular weight is 573 g/mol. The summed E-state index contributed by atoms with van der Waals surface area (Å²) in [5.74, 6) is 2.87. The first-order valence-electron chi connectivity index (χ1n) is 11.5. The van der Waals surface area contributed by atoms with Crippen LogP contribution in [0.25, 0.3) is 0 Å². The highest BCUT2D eigenvalue weighted by molar-refractivity contribution is 7.49. The lowest BCUT2D eigenvalue weighted by Gasteiger charge is -2.24. The Labute approximate surface area is 220 Å². The molecule has 212 valence electrons. The number of aliphatic hydroxyl groups excluding tert-OH is 1. The number of H-pyrrole nitrogens is 1. The Balaban J connectivity index is 1.88. The van der Waals surface area contributed by atoms with Gasteiger partial charge in [0.15, 0.2) is 12.3 Å². The molecule has 1 aromatic carbocycles. The number of carbonyl (C=O) groups is 1. The molecule has 1 unspecified atom stereocenters. The number of alkyl halides is 2. The number of esters is 1. The molecule has 1 aromatic heterocycles. The normalized spacial score (nSPS) is 24.8. The summed E-state index contributed by atoms with van der Waals surface area (Å²) in [7, 11) is -4.68. The third-order valence-corrected chi connectivity index (χ3v) is 6.60. The van der Waals surface area contributed by atoms with Gasteiger partial charge in [-0.25, -0.2) is 27.7 Å². The van der Waals surface area contributed by atoms with Gasteiger partial charge in [-0.3, -0.25) is 18.6 Å². The molecule has 13 nitrogen and oxygen atoms in total. The van der Waals surface area contributed by atoms with Gasteiger partial charge >= 0.3 is 25.2 Å². The molecule has 6 atom stereocenters. The van der Waals surface area contributed by atoms with Crippen molar-refractivity contribution in [1.82, 2.24) is 14.5 Å². The topological polar surface area (TPSA) is 168 Å². The molecule has 2 aromatic rings. The van der Waals surface area contributed by atoms with Crippen LogP contribution in [0.4, 0.5) is 8.78 Å². The number of nitrogens with one attached hydrogen (secondary N) is 1. The summed E-state index contributed by atoms with van der Waals surface area (Å²) in [6.45, 7) is 2.26. The van der Waals surface area contributed by atoms with Gasteiger partial charge in [0.2, 0.25) is 5.67 Å². The number of phosphoric ester groups is 1. The number of para-hydroxylation sites is 1. The zero-order chi connectivity index (χ0) is 28.8. The molecule has 1 saturated heterocycles. The summed E-state index contributed by atoms with van der Waals surface area (Å²) in [5.41, 5.74) is -5.28. The fourth-order valence-electron chi connectivity index (χ4n) is 3.40. The van der Waals surface area contributed by atoms with Gasteiger partial charge in [-0.15, -0.1) is 0 Å². The number of phosphoric acid groups is 1. The van der Waals surface area contributed by atoms with Crippen molar-refractivity contribution in [2.24, 2.45) is 0 Å². The van der Waals surface area contributed by atoms with Crippen molar-refractivity contribution >= 4 is 13.8 Å². The summed E-state index contributed by atoms with van der Waals surface area (Å²) in [4.78, 5) is 40.9. The maximum absolute atomic E-state index is 15.9. The van der Waals surface area contributed by atoms with Crippen molar-refractivity contribution in [3.05, 3.63) is 57.6 Å². The minimum Gasteiger partial charge on any atom is -0.461 e. The van der Waals surface area contributed by atoms with Gasteiger partial charge in [-0.2, -0.15) is 4.98 Å². The first-order chi connectivity index (χ1) is 18.4. The molecule has 0 saturated carbocycles. The van der Waals surface area contributed by atoms with E-state index in [1.54, 1.807) is 37.0 Å². The van der Waals surface area contributed by atoms with E-state index in [1.807, 2.05) is 11.8 Å². The number of ether oxygens (including phenoxy) is 2. The van der Waals surface area contributed by atoms with Crippen molar-refractivity contribution < 1.29 is 46.3 Å². The van der Waals surface area contributed by atoms with Crippen LogP contribution in [0.5, 0.6) is 5.75 Å². The summed E-state index contributed by atoms with van der Waals surface area (Å²) in [6.07, 6.45) is -7.18. The minimum absolute atomic E-state index is 0.0237. The van der Waals surface area contributed by atoms with Crippen molar-refractivity contribution in [1.29, 1.82) is 0 Å². The Morgan fingerprint density at radius 1 is 1.31 bits per heavy atom. The Kier molecular flexibility index (Phi) is 9.76. The number of hydrogen-bond donors (Lipinski definition) is 2. The van der Waals surface area contributed by atoms with Crippen LogP contribution in [0.1, 0.15) is 27.0 Å². The van der Waals surface area contributed by atoms with E-state index in [9.17, 15) is 28.4 Å². The lowest BCUT2D eigenvalue weighted by atomic mass is 9.96. The maximum atomic E-state index is 15.9. The van der Waals surface area contributed by atoms with E-state index in [0.29, 0.717) is 10.9 Å². The summed E-state index contributed by atoms with van der Waals surface area (Å²) >= 11 is 0. The quantitative estimate of drug-likeness (QED) is 0.240. The SMILES string of the molecule is CC(C)OC(=O)[C@H](C)O[P@](=O)(OC[C@H]1O[C@@H](n2cnc(=O)[nH]c2=O)[C@@](F)(C#CCF)C1O)Oc1ccccc1. The maximum Gasteiger partial charge on any atom is 0.530 e. The van der Waals surface area contributed by atoms with E-state index in [0.717, 1.165) is 0 Å². The van der Waals surface area contributed by atoms with E-state index < -0.39 is 74.8 Å². The largest absolute Gasteiger partial charge is 0.530 e. The van der Waals surface area contributed by atoms with Crippen LogP contribution in [0.3, 0.4) is 0 Å². The number of halogens is 2. The van der Waals surface area contributed by atoms with Crippen LogP contribution < -0.4 is 15.9 Å². The first-order valence-corrected chi connectivity index (χ1v) is 13.0. The van der Waals surface area contributed by atoms with E-state index >= 15 is 4.39 Å². The van der Waals surface area contributed by atoms with Gasteiger partial charge in [-0.05, 0) is 32.9 Å². The van der Waals surface area contributed by atoms with Crippen LogP contribution in [-0.2, 0) is 27.9 Å². The van der Waals surface area contributed by atoms with Gasteiger partial charge in [0.25, 0.3) is 0 Å². The van der Waals surface area contributed by atoms with Gasteiger partial charge in [0.1, 0.15) is 31.0 Å². The number of nitrogens with zero attached hydrogens (tertiary/aromatic N) is 2. The van der Waals surface area contributed by atoms with Crippen molar-refractivity contribution in [3.8, 4) is 17.6 Å². The third-order valence-electron chi connectivity index (χ3n) is 5.12. The van der Waals surface area contributed by atoms with Gasteiger partial charge in [-0.1, -0.05) is 30.0 Å². The molecule has 0 amide bonds. The van der Waals surface area contributed by atoms with E-state index in [-0.39, 0.29) is 5.75 Å². The standard InChI is InChI=1S/C23H26F2N3O10P/c1-14(2)35-19(30)15(3)37-39(33,38-16-8-5-4-6-9-16)34-12-17-18(29)23(25,10-7-11-24)20(36-17)28-13-26-21(31)27-22(28)32/h4-6,8-9,13-15,17-18,20,29H,11-12H2,1-3H3,(H,27,31,32)/t15-,17+,18?,20+,23+,39-/m0/s1. The number of hydrogen-bond acceptors (Lipinski definition) is 11.